The maximum atomic E-state index is 11.0. The lowest BCUT2D eigenvalue weighted by molar-refractivity contribution is 0.00555. The Morgan fingerprint density at radius 3 is 2.76 bits per heavy atom. The summed E-state index contributed by atoms with van der Waals surface area (Å²) in [4.78, 5) is 7.38. The number of nitrogens with zero attached hydrogens (tertiary/aromatic N) is 1. The van der Waals surface area contributed by atoms with E-state index in [2.05, 4.69) is 27.9 Å². The Kier molecular flexibility index (Phi) is 12.1. The quantitative estimate of drug-likeness (QED) is 0.162. The van der Waals surface area contributed by atoms with Crippen molar-refractivity contribution >= 4 is 5.82 Å². The molecule has 2 aromatic heterocycles. The number of nitrogens with one attached hydrogen (secondary N) is 1. The monoisotopic (exact) mass is 575 g/mol. The Morgan fingerprint density at radius 2 is 1.98 bits per heavy atom. The van der Waals surface area contributed by atoms with Crippen molar-refractivity contribution < 1.29 is 25.2 Å². The van der Waals surface area contributed by atoms with Gasteiger partial charge in [-0.1, -0.05) is 24.8 Å². The summed E-state index contributed by atoms with van der Waals surface area (Å²) in [6.07, 6.45) is 9.39. The summed E-state index contributed by atoms with van der Waals surface area (Å²) in [5, 5.41) is 41.6. The minimum absolute atomic E-state index is 0.0730. The first-order chi connectivity index (χ1) is 20.4. The van der Waals surface area contributed by atoms with Gasteiger partial charge in [-0.3, -0.25) is 0 Å². The van der Waals surface area contributed by atoms with Gasteiger partial charge in [-0.05, 0) is 98.4 Å². The number of benzene rings is 1. The lowest BCUT2D eigenvalue weighted by Crippen LogP contribution is -2.32. The number of aryl methyl sites for hydroxylation is 1. The molecule has 0 spiro atoms. The highest BCUT2D eigenvalue weighted by atomic mass is 16.5. The number of pyridine rings is 1. The highest BCUT2D eigenvalue weighted by Gasteiger charge is 2.26. The van der Waals surface area contributed by atoms with E-state index in [1.807, 2.05) is 36.5 Å². The summed E-state index contributed by atoms with van der Waals surface area (Å²) >= 11 is 0. The van der Waals surface area contributed by atoms with Crippen LogP contribution in [0.3, 0.4) is 0 Å². The van der Waals surface area contributed by atoms with Crippen LogP contribution in [0.5, 0.6) is 11.5 Å². The van der Waals surface area contributed by atoms with Gasteiger partial charge in [0.2, 0.25) is 0 Å². The first-order valence-corrected chi connectivity index (χ1v) is 15.2. The van der Waals surface area contributed by atoms with E-state index in [-0.39, 0.29) is 30.1 Å². The fourth-order valence-electron chi connectivity index (χ4n) is 5.79. The molecule has 4 rings (SSSR count). The van der Waals surface area contributed by atoms with Crippen molar-refractivity contribution in [1.29, 1.82) is 0 Å². The van der Waals surface area contributed by atoms with Crippen LogP contribution >= 0.6 is 0 Å². The van der Waals surface area contributed by atoms with Crippen molar-refractivity contribution in [3.63, 3.8) is 0 Å². The van der Waals surface area contributed by atoms with Crippen LogP contribution in [0.1, 0.15) is 74.1 Å². The van der Waals surface area contributed by atoms with Gasteiger partial charge in [0, 0.05) is 43.0 Å². The molecular weight excluding hydrogens is 530 g/mol. The number of aromatic amines is 1. The molecule has 1 aromatic carbocycles. The summed E-state index contributed by atoms with van der Waals surface area (Å²) in [6, 6.07) is 13.2. The lowest BCUT2D eigenvalue weighted by Gasteiger charge is -2.27. The molecule has 2 heterocycles. The van der Waals surface area contributed by atoms with Gasteiger partial charge in [0.1, 0.15) is 5.82 Å². The number of aromatic hydroxyl groups is 1. The molecule has 7 N–H and O–H groups in total. The van der Waals surface area contributed by atoms with Crippen LogP contribution in [0, 0.1) is 23.7 Å². The molecule has 5 atom stereocenters. The Labute approximate surface area is 249 Å². The molecule has 42 heavy (non-hydrogen) atoms. The van der Waals surface area contributed by atoms with E-state index in [0.29, 0.717) is 56.7 Å². The van der Waals surface area contributed by atoms with Crippen LogP contribution in [-0.2, 0) is 12.8 Å². The van der Waals surface area contributed by atoms with E-state index in [9.17, 15) is 20.4 Å². The van der Waals surface area contributed by atoms with Crippen molar-refractivity contribution in [2.24, 2.45) is 11.8 Å². The Hall–Kier alpha value is -3.51. The number of anilines is 1. The molecule has 0 saturated heterocycles. The number of phenols is 1. The van der Waals surface area contributed by atoms with Crippen molar-refractivity contribution in [2.45, 2.75) is 82.3 Å². The van der Waals surface area contributed by atoms with Crippen LogP contribution < -0.4 is 10.5 Å². The van der Waals surface area contributed by atoms with Crippen LogP contribution in [0.2, 0.25) is 0 Å². The fraction of sp³-hybridized carbons (Fsp3) is 0.500. The number of rotatable bonds is 13. The summed E-state index contributed by atoms with van der Waals surface area (Å²) in [7, 11) is 0. The lowest BCUT2D eigenvalue weighted by atomic mass is 9.85. The van der Waals surface area contributed by atoms with Crippen molar-refractivity contribution in [3.05, 3.63) is 71.7 Å². The zero-order valence-electron chi connectivity index (χ0n) is 24.3. The van der Waals surface area contributed by atoms with Crippen LogP contribution in [0.25, 0.3) is 0 Å². The molecule has 3 aromatic rings. The van der Waals surface area contributed by atoms with Gasteiger partial charge >= 0.3 is 0 Å². The topological polar surface area (TPSA) is 145 Å². The van der Waals surface area contributed by atoms with Gasteiger partial charge in [-0.2, -0.15) is 0 Å². The molecular formula is C34H45N3O5. The first-order valence-electron chi connectivity index (χ1n) is 15.2. The van der Waals surface area contributed by atoms with E-state index in [0.717, 1.165) is 42.5 Å². The number of hydrogen-bond donors (Lipinski definition) is 6. The molecule has 1 aliphatic carbocycles. The number of aromatic nitrogens is 2. The second-order valence-corrected chi connectivity index (χ2v) is 11.4. The SMILES string of the molecule is Nc1cc(C(CCOc2cc(CCC(O)C3CC#CC(CCO)CCCCC3O)ccc2O)Cc2ccc[nH]2)ccn1. The van der Waals surface area contributed by atoms with Gasteiger partial charge in [0.15, 0.2) is 11.5 Å². The molecule has 8 nitrogen and oxygen atoms in total. The molecule has 0 bridgehead atoms. The average molecular weight is 576 g/mol. The normalized spacial score (nSPS) is 20.7. The Bertz CT molecular complexity index is 1290. The molecule has 0 radical (unpaired) electrons. The highest BCUT2D eigenvalue weighted by molar-refractivity contribution is 5.42. The first kappa shape index (κ1) is 31.4. The second-order valence-electron chi connectivity index (χ2n) is 11.4. The molecule has 0 amide bonds. The molecule has 226 valence electrons. The summed E-state index contributed by atoms with van der Waals surface area (Å²) in [5.74, 6) is 7.39. The predicted molar refractivity (Wildman–Crippen MR) is 164 cm³/mol. The third kappa shape index (κ3) is 9.52. The van der Waals surface area contributed by atoms with Gasteiger partial charge in [-0.25, -0.2) is 4.98 Å². The number of H-pyrrole nitrogens is 1. The maximum Gasteiger partial charge on any atom is 0.161 e. The predicted octanol–water partition coefficient (Wildman–Crippen LogP) is 4.73. The Balaban J connectivity index is 1.35. The second kappa shape index (κ2) is 16.2. The maximum absolute atomic E-state index is 11.0. The number of phenolic OH excluding ortho intramolecular Hbond substituents is 1. The molecule has 0 fully saturated rings. The van der Waals surface area contributed by atoms with E-state index in [4.69, 9.17) is 10.5 Å². The van der Waals surface area contributed by atoms with E-state index in [1.165, 1.54) is 0 Å². The minimum atomic E-state index is -0.704. The van der Waals surface area contributed by atoms with Crippen LogP contribution in [0.15, 0.2) is 54.9 Å². The van der Waals surface area contributed by atoms with Gasteiger partial charge in [0.05, 0.1) is 18.8 Å². The van der Waals surface area contributed by atoms with Gasteiger partial charge < -0.3 is 35.9 Å². The molecule has 0 saturated carbocycles. The number of hydrogen-bond acceptors (Lipinski definition) is 7. The fourth-order valence-corrected chi connectivity index (χ4v) is 5.79. The van der Waals surface area contributed by atoms with Crippen LogP contribution in [-0.4, -0.2) is 55.8 Å². The summed E-state index contributed by atoms with van der Waals surface area (Å²) in [6.45, 7) is 0.526. The minimum Gasteiger partial charge on any atom is -0.504 e. The van der Waals surface area contributed by atoms with Crippen molar-refractivity contribution in [3.8, 4) is 23.3 Å². The smallest absolute Gasteiger partial charge is 0.161 e. The number of ether oxygens (including phenoxy) is 1. The van der Waals surface area contributed by atoms with Crippen molar-refractivity contribution in [1.82, 2.24) is 9.97 Å². The Morgan fingerprint density at radius 1 is 1.12 bits per heavy atom. The van der Waals surface area contributed by atoms with Crippen LogP contribution in [0.4, 0.5) is 5.82 Å². The third-order valence-electron chi connectivity index (χ3n) is 8.29. The largest absolute Gasteiger partial charge is 0.504 e. The average Bonchev–Trinajstić information content (AvgIpc) is 3.50. The molecule has 5 unspecified atom stereocenters. The third-order valence-corrected chi connectivity index (χ3v) is 8.29. The number of nitrogens with two attached hydrogens (primary N) is 1. The summed E-state index contributed by atoms with van der Waals surface area (Å²) < 4.78 is 6.06. The number of nitrogen functional groups attached to an aromatic ring is 1. The molecule has 0 aliphatic heterocycles. The van der Waals surface area contributed by atoms with Gasteiger partial charge in [-0.15, -0.1) is 5.92 Å². The van der Waals surface area contributed by atoms with Gasteiger partial charge in [0.25, 0.3) is 0 Å². The molecule has 8 heteroatoms. The standard InChI is InChI=1S/C34H45N3O5/c35-34-23-26(14-18-37-34)27(22-28-7-4-17-36-28)16-20-42-33-21-25(11-13-32(33)41)10-12-31(40)29-8-3-6-24(15-19-38)5-1-2-9-30(29)39/h4,7,11,13-14,17-18,21,23-24,27,29-31,36,38-41H,1-2,5,8-10,12,15-16,19-20,22H2,(H2,35,37). The zero-order chi connectivity index (χ0) is 29.7. The number of aliphatic hydroxyl groups is 3. The van der Waals surface area contributed by atoms with Crippen molar-refractivity contribution in [2.75, 3.05) is 18.9 Å². The van der Waals surface area contributed by atoms with E-state index < -0.39 is 12.2 Å². The van der Waals surface area contributed by atoms with E-state index in [1.54, 1.807) is 12.3 Å². The number of aliphatic hydroxyl groups excluding tert-OH is 3. The zero-order valence-corrected chi connectivity index (χ0v) is 24.3. The van der Waals surface area contributed by atoms with E-state index >= 15 is 0 Å². The molecule has 1 aliphatic rings. The highest BCUT2D eigenvalue weighted by Crippen LogP contribution is 2.31. The summed E-state index contributed by atoms with van der Waals surface area (Å²) in [5.41, 5.74) is 9.09.